The molecule has 0 unspecified atom stereocenters. The number of methoxy groups -OCH3 is 2. The first-order valence-electron chi connectivity index (χ1n) is 10.4. The van der Waals surface area contributed by atoms with E-state index < -0.39 is 12.0 Å². The van der Waals surface area contributed by atoms with Gasteiger partial charge in [-0.1, -0.05) is 41.1 Å². The standard InChI is InChI=1S/C25H20ClN3O5S/c1-14-21(24(31)33-3)22(17-13-16(26)8-9-19(17)32-2)29-23(30)20(35-25(29)28-14)12-15-6-4-5-7-18(15)34-11-10-27/h4-9,12-13,22H,11H2,1-3H3/b20-12-/t22-/m0/s1. The molecule has 35 heavy (non-hydrogen) atoms. The highest BCUT2D eigenvalue weighted by molar-refractivity contribution is 7.07. The summed E-state index contributed by atoms with van der Waals surface area (Å²) in [5.74, 6) is 0.322. The van der Waals surface area contributed by atoms with Crippen LogP contribution in [0.2, 0.25) is 5.02 Å². The van der Waals surface area contributed by atoms with Crippen molar-refractivity contribution in [2.75, 3.05) is 20.8 Å². The minimum Gasteiger partial charge on any atom is -0.496 e. The van der Waals surface area contributed by atoms with Crippen molar-refractivity contribution in [3.05, 3.63) is 89.6 Å². The number of hydrogen-bond donors (Lipinski definition) is 0. The van der Waals surface area contributed by atoms with Crippen LogP contribution >= 0.6 is 22.9 Å². The van der Waals surface area contributed by atoms with Crippen molar-refractivity contribution >= 4 is 35.0 Å². The number of aromatic nitrogens is 1. The average molecular weight is 510 g/mol. The van der Waals surface area contributed by atoms with E-state index in [-0.39, 0.29) is 17.7 Å². The van der Waals surface area contributed by atoms with Crippen molar-refractivity contribution in [1.82, 2.24) is 4.57 Å². The Kier molecular flexibility index (Phi) is 7.05. The summed E-state index contributed by atoms with van der Waals surface area (Å²) in [6, 6.07) is 13.2. The fraction of sp³-hybridized carbons (Fsp3) is 0.200. The Balaban J connectivity index is 1.99. The quantitative estimate of drug-likeness (QED) is 0.473. The maximum atomic E-state index is 13.7. The highest BCUT2D eigenvalue weighted by Crippen LogP contribution is 2.37. The van der Waals surface area contributed by atoms with Crippen LogP contribution in [0.15, 0.2) is 63.5 Å². The van der Waals surface area contributed by atoms with E-state index in [2.05, 4.69) is 4.99 Å². The zero-order chi connectivity index (χ0) is 25.1. The molecule has 1 aromatic heterocycles. The molecule has 0 amide bonds. The fourth-order valence-corrected chi connectivity index (χ4v) is 5.11. The molecule has 0 bridgehead atoms. The van der Waals surface area contributed by atoms with Crippen LogP contribution in [-0.4, -0.2) is 31.4 Å². The van der Waals surface area contributed by atoms with Gasteiger partial charge in [-0.05, 0) is 37.3 Å². The number of nitrogens with zero attached hydrogens (tertiary/aromatic N) is 3. The molecule has 0 saturated carbocycles. The monoisotopic (exact) mass is 509 g/mol. The molecule has 8 nitrogen and oxygen atoms in total. The average Bonchev–Trinajstić information content (AvgIpc) is 3.16. The van der Waals surface area contributed by atoms with E-state index in [0.29, 0.717) is 42.7 Å². The molecular formula is C25H20ClN3O5S. The number of allylic oxidation sites excluding steroid dienone is 1. The number of hydrogen-bond acceptors (Lipinski definition) is 8. The Bertz CT molecular complexity index is 1560. The third kappa shape index (κ3) is 4.58. The predicted molar refractivity (Wildman–Crippen MR) is 131 cm³/mol. The molecule has 178 valence electrons. The number of para-hydroxylation sites is 1. The van der Waals surface area contributed by atoms with E-state index in [0.717, 1.165) is 0 Å². The van der Waals surface area contributed by atoms with Gasteiger partial charge in [0, 0.05) is 16.1 Å². The lowest BCUT2D eigenvalue weighted by atomic mass is 9.95. The van der Waals surface area contributed by atoms with Crippen LogP contribution in [0.25, 0.3) is 6.08 Å². The number of rotatable bonds is 6. The zero-order valence-electron chi connectivity index (χ0n) is 19.1. The molecular weight excluding hydrogens is 490 g/mol. The van der Waals surface area contributed by atoms with E-state index in [4.69, 9.17) is 31.1 Å². The topological polar surface area (TPSA) is 103 Å². The number of halogens is 1. The lowest BCUT2D eigenvalue weighted by molar-refractivity contribution is -0.136. The molecule has 10 heteroatoms. The molecule has 0 saturated heterocycles. The number of carbonyl (C=O) groups is 1. The smallest absolute Gasteiger partial charge is 0.338 e. The van der Waals surface area contributed by atoms with Gasteiger partial charge in [0.2, 0.25) is 0 Å². The number of benzene rings is 2. The molecule has 0 radical (unpaired) electrons. The van der Waals surface area contributed by atoms with Gasteiger partial charge in [0.25, 0.3) is 5.56 Å². The van der Waals surface area contributed by atoms with Gasteiger partial charge in [-0.25, -0.2) is 9.79 Å². The van der Waals surface area contributed by atoms with Crippen molar-refractivity contribution in [2.24, 2.45) is 4.99 Å². The lowest BCUT2D eigenvalue weighted by Gasteiger charge is -2.25. The zero-order valence-corrected chi connectivity index (χ0v) is 20.6. The summed E-state index contributed by atoms with van der Waals surface area (Å²) >= 11 is 7.47. The number of fused-ring (bicyclic) bond motifs is 1. The Morgan fingerprint density at radius 3 is 2.74 bits per heavy atom. The first-order valence-corrected chi connectivity index (χ1v) is 11.6. The van der Waals surface area contributed by atoms with Gasteiger partial charge < -0.3 is 14.2 Å². The summed E-state index contributed by atoms with van der Waals surface area (Å²) in [6.45, 7) is 1.57. The van der Waals surface area contributed by atoms with Crippen molar-refractivity contribution in [3.63, 3.8) is 0 Å². The van der Waals surface area contributed by atoms with Crippen molar-refractivity contribution in [3.8, 4) is 17.6 Å². The van der Waals surface area contributed by atoms with Crippen LogP contribution < -0.4 is 24.4 Å². The van der Waals surface area contributed by atoms with E-state index in [1.165, 1.54) is 30.1 Å². The summed E-state index contributed by atoms with van der Waals surface area (Å²) in [4.78, 5) is 31.5. The molecule has 1 aliphatic rings. The van der Waals surface area contributed by atoms with E-state index >= 15 is 0 Å². The second kappa shape index (κ2) is 10.2. The van der Waals surface area contributed by atoms with Crippen LogP contribution in [0, 0.1) is 11.3 Å². The van der Waals surface area contributed by atoms with E-state index in [1.807, 2.05) is 6.07 Å². The second-order valence-electron chi connectivity index (χ2n) is 7.44. The third-order valence-electron chi connectivity index (χ3n) is 5.41. The molecule has 4 rings (SSSR count). The summed E-state index contributed by atoms with van der Waals surface area (Å²) < 4.78 is 17.9. The van der Waals surface area contributed by atoms with E-state index in [1.54, 1.807) is 55.5 Å². The van der Waals surface area contributed by atoms with Gasteiger partial charge in [0.15, 0.2) is 11.4 Å². The first-order chi connectivity index (χ1) is 16.9. The molecule has 0 spiro atoms. The molecule has 1 aliphatic heterocycles. The molecule has 2 heterocycles. The number of ether oxygens (including phenoxy) is 3. The van der Waals surface area contributed by atoms with Gasteiger partial charge in [0.1, 0.15) is 23.6 Å². The highest BCUT2D eigenvalue weighted by Gasteiger charge is 2.35. The Morgan fingerprint density at radius 1 is 1.26 bits per heavy atom. The predicted octanol–water partition coefficient (Wildman–Crippen LogP) is 2.97. The third-order valence-corrected chi connectivity index (χ3v) is 6.63. The Hall–Kier alpha value is -3.87. The summed E-state index contributed by atoms with van der Waals surface area (Å²) in [5.41, 5.74) is 1.44. The molecule has 3 aromatic rings. The fourth-order valence-electron chi connectivity index (χ4n) is 3.89. The number of thiazole rings is 1. The summed E-state index contributed by atoms with van der Waals surface area (Å²) in [7, 11) is 2.78. The van der Waals surface area contributed by atoms with E-state index in [9.17, 15) is 9.59 Å². The van der Waals surface area contributed by atoms with Crippen LogP contribution in [-0.2, 0) is 9.53 Å². The van der Waals surface area contributed by atoms with Gasteiger partial charge in [-0.3, -0.25) is 9.36 Å². The molecule has 0 fully saturated rings. The maximum Gasteiger partial charge on any atom is 0.338 e. The van der Waals surface area contributed by atoms with Crippen molar-refractivity contribution < 1.29 is 19.0 Å². The first kappa shape index (κ1) is 24.3. The summed E-state index contributed by atoms with van der Waals surface area (Å²) in [6.07, 6.45) is 1.68. The second-order valence-corrected chi connectivity index (χ2v) is 8.89. The Labute approximate surface area is 209 Å². The maximum absolute atomic E-state index is 13.7. The van der Waals surface area contributed by atoms with Crippen LogP contribution in [0.5, 0.6) is 11.5 Å². The largest absolute Gasteiger partial charge is 0.496 e. The van der Waals surface area contributed by atoms with Gasteiger partial charge >= 0.3 is 5.97 Å². The number of nitriles is 1. The molecule has 2 aromatic carbocycles. The molecule has 1 atom stereocenters. The molecule has 0 aliphatic carbocycles. The van der Waals surface area contributed by atoms with Gasteiger partial charge in [0.05, 0.1) is 30.0 Å². The van der Waals surface area contributed by atoms with Crippen LogP contribution in [0.1, 0.15) is 24.1 Å². The normalized spacial score (nSPS) is 15.2. The van der Waals surface area contributed by atoms with Gasteiger partial charge in [-0.15, -0.1) is 0 Å². The Morgan fingerprint density at radius 2 is 2.03 bits per heavy atom. The minimum atomic E-state index is -0.861. The van der Waals surface area contributed by atoms with Crippen LogP contribution in [0.3, 0.4) is 0 Å². The van der Waals surface area contributed by atoms with Crippen molar-refractivity contribution in [2.45, 2.75) is 13.0 Å². The lowest BCUT2D eigenvalue weighted by Crippen LogP contribution is -2.40. The minimum absolute atomic E-state index is 0.123. The number of esters is 1. The van der Waals surface area contributed by atoms with Gasteiger partial charge in [-0.2, -0.15) is 5.26 Å². The number of carbonyl (C=O) groups excluding carboxylic acids is 1. The van der Waals surface area contributed by atoms with Crippen molar-refractivity contribution in [1.29, 1.82) is 5.26 Å². The highest BCUT2D eigenvalue weighted by atomic mass is 35.5. The SMILES string of the molecule is COC(=O)C1=C(C)N=c2s/c(=C\c3ccccc3OCC#N)c(=O)n2[C@H]1c1cc(Cl)ccc1OC. The summed E-state index contributed by atoms with van der Waals surface area (Å²) in [5, 5.41) is 9.29. The molecule has 0 N–H and O–H groups in total. The van der Waals surface area contributed by atoms with Crippen LogP contribution in [0.4, 0.5) is 0 Å².